The molecule has 5 aromatic rings. The SMILES string of the molecule is C=CCOC(=O)C1=C(C)N=c2s/c(=C/c3cn(-c4ccccc4)nc3-c3cccs3)c(=O)n2[C@@H]1c1ccc(OC)cc1. The monoisotopic (exact) mass is 594 g/mol. The van der Waals surface area contributed by atoms with Crippen LogP contribution in [0.5, 0.6) is 5.75 Å². The highest BCUT2D eigenvalue weighted by atomic mass is 32.1. The second kappa shape index (κ2) is 11.6. The van der Waals surface area contributed by atoms with E-state index in [2.05, 4.69) is 11.6 Å². The summed E-state index contributed by atoms with van der Waals surface area (Å²) in [5.74, 6) is 0.120. The van der Waals surface area contributed by atoms with Gasteiger partial charge in [-0.3, -0.25) is 9.36 Å². The van der Waals surface area contributed by atoms with E-state index in [9.17, 15) is 9.59 Å². The second-order valence-corrected chi connectivity index (χ2v) is 11.4. The number of methoxy groups -OCH3 is 1. The van der Waals surface area contributed by atoms with E-state index in [0.717, 1.165) is 27.4 Å². The second-order valence-electron chi connectivity index (χ2n) is 9.43. The first-order valence-electron chi connectivity index (χ1n) is 13.1. The fourth-order valence-corrected chi connectivity index (χ4v) is 6.62. The maximum absolute atomic E-state index is 14.1. The first kappa shape index (κ1) is 27.4. The molecule has 8 nitrogen and oxygen atoms in total. The number of hydrogen-bond donors (Lipinski definition) is 0. The van der Waals surface area contributed by atoms with Gasteiger partial charge in [0.25, 0.3) is 5.56 Å². The number of nitrogens with zero attached hydrogens (tertiary/aromatic N) is 4. The van der Waals surface area contributed by atoms with E-state index < -0.39 is 12.0 Å². The topological polar surface area (TPSA) is 87.7 Å². The van der Waals surface area contributed by atoms with Crippen LogP contribution in [0.25, 0.3) is 22.3 Å². The quantitative estimate of drug-likeness (QED) is 0.189. The van der Waals surface area contributed by atoms with Gasteiger partial charge in [-0.25, -0.2) is 14.5 Å². The molecule has 0 amide bonds. The third kappa shape index (κ3) is 5.06. The lowest BCUT2D eigenvalue weighted by atomic mass is 9.96. The number of carbonyl (C=O) groups excluding carboxylic acids is 1. The predicted molar refractivity (Wildman–Crippen MR) is 165 cm³/mol. The Hall–Kier alpha value is -4.80. The summed E-state index contributed by atoms with van der Waals surface area (Å²) in [5.41, 5.74) is 3.76. The normalized spacial score (nSPS) is 14.8. The summed E-state index contributed by atoms with van der Waals surface area (Å²) in [6.07, 6.45) is 5.28. The smallest absolute Gasteiger partial charge is 0.338 e. The Kier molecular flexibility index (Phi) is 7.56. The molecule has 3 aromatic heterocycles. The number of ether oxygens (including phenoxy) is 2. The van der Waals surface area contributed by atoms with Crippen LogP contribution in [0.2, 0.25) is 0 Å². The van der Waals surface area contributed by atoms with Crippen molar-refractivity contribution in [2.24, 2.45) is 4.99 Å². The molecule has 1 aliphatic heterocycles. The van der Waals surface area contributed by atoms with Crippen LogP contribution in [-0.2, 0) is 9.53 Å². The van der Waals surface area contributed by atoms with Crippen LogP contribution in [-0.4, -0.2) is 34.0 Å². The van der Waals surface area contributed by atoms with Gasteiger partial charge < -0.3 is 9.47 Å². The van der Waals surface area contributed by atoms with Gasteiger partial charge in [-0.2, -0.15) is 5.10 Å². The fourth-order valence-electron chi connectivity index (χ4n) is 4.85. The van der Waals surface area contributed by atoms with Crippen LogP contribution in [0.3, 0.4) is 0 Å². The molecule has 0 aliphatic carbocycles. The summed E-state index contributed by atoms with van der Waals surface area (Å²) < 4.78 is 14.6. The number of thiazole rings is 1. The lowest BCUT2D eigenvalue weighted by molar-refractivity contribution is -0.138. The highest BCUT2D eigenvalue weighted by Crippen LogP contribution is 2.32. The van der Waals surface area contributed by atoms with E-state index in [-0.39, 0.29) is 12.2 Å². The lowest BCUT2D eigenvalue weighted by Gasteiger charge is -2.24. The number of allylic oxidation sites excluding steroid dienone is 1. The molecule has 1 atom stereocenters. The molecular weight excluding hydrogens is 569 g/mol. The highest BCUT2D eigenvalue weighted by Gasteiger charge is 2.33. The summed E-state index contributed by atoms with van der Waals surface area (Å²) >= 11 is 2.86. The molecule has 0 N–H and O–H groups in total. The number of rotatable bonds is 8. The van der Waals surface area contributed by atoms with Gasteiger partial charge in [0, 0.05) is 11.8 Å². The molecule has 0 fully saturated rings. The first-order valence-corrected chi connectivity index (χ1v) is 14.8. The van der Waals surface area contributed by atoms with E-state index >= 15 is 0 Å². The zero-order valence-corrected chi connectivity index (χ0v) is 24.5. The Labute approximate surface area is 249 Å². The summed E-state index contributed by atoms with van der Waals surface area (Å²) in [6, 6.07) is 20.4. The van der Waals surface area contributed by atoms with Crippen molar-refractivity contribution >= 4 is 34.7 Å². The Morgan fingerprint density at radius 1 is 1.10 bits per heavy atom. The van der Waals surface area contributed by atoms with Gasteiger partial charge in [0.05, 0.1) is 39.5 Å². The molecule has 2 aromatic carbocycles. The minimum atomic E-state index is -0.726. The molecule has 0 unspecified atom stereocenters. The van der Waals surface area contributed by atoms with E-state index in [1.807, 2.05) is 76.9 Å². The van der Waals surface area contributed by atoms with E-state index in [4.69, 9.17) is 14.6 Å². The van der Waals surface area contributed by atoms with Crippen LogP contribution < -0.4 is 19.6 Å². The van der Waals surface area contributed by atoms with Crippen LogP contribution in [0, 0.1) is 0 Å². The van der Waals surface area contributed by atoms with Gasteiger partial charge in [-0.1, -0.05) is 60.4 Å². The molecule has 42 heavy (non-hydrogen) atoms. The van der Waals surface area contributed by atoms with Crippen LogP contribution in [0.15, 0.2) is 112 Å². The molecule has 0 radical (unpaired) electrons. The maximum atomic E-state index is 14.1. The molecule has 210 valence electrons. The Morgan fingerprint density at radius 2 is 1.88 bits per heavy atom. The van der Waals surface area contributed by atoms with Crippen molar-refractivity contribution in [3.8, 4) is 22.0 Å². The number of esters is 1. The van der Waals surface area contributed by atoms with Gasteiger partial charge in [-0.15, -0.1) is 11.3 Å². The van der Waals surface area contributed by atoms with Crippen molar-refractivity contribution in [1.29, 1.82) is 0 Å². The van der Waals surface area contributed by atoms with Crippen LogP contribution >= 0.6 is 22.7 Å². The number of carbonyl (C=O) groups is 1. The number of para-hydroxylation sites is 1. The minimum Gasteiger partial charge on any atom is -0.497 e. The number of thiophene rings is 1. The molecule has 10 heteroatoms. The molecule has 0 saturated heterocycles. The van der Waals surface area contributed by atoms with Gasteiger partial charge in [-0.05, 0) is 54.3 Å². The van der Waals surface area contributed by atoms with Crippen molar-refractivity contribution in [3.63, 3.8) is 0 Å². The Morgan fingerprint density at radius 3 is 2.57 bits per heavy atom. The predicted octanol–water partition coefficient (Wildman–Crippen LogP) is 4.89. The van der Waals surface area contributed by atoms with Crippen molar-refractivity contribution in [2.75, 3.05) is 13.7 Å². The maximum Gasteiger partial charge on any atom is 0.338 e. The van der Waals surface area contributed by atoms with Crippen LogP contribution in [0.1, 0.15) is 24.1 Å². The average Bonchev–Trinajstić information content (AvgIpc) is 3.76. The third-order valence-electron chi connectivity index (χ3n) is 6.81. The summed E-state index contributed by atoms with van der Waals surface area (Å²) in [5, 5.41) is 6.86. The molecule has 0 bridgehead atoms. The number of hydrogen-bond acceptors (Lipinski definition) is 8. The van der Waals surface area contributed by atoms with E-state index in [1.165, 1.54) is 17.4 Å². The lowest BCUT2D eigenvalue weighted by Crippen LogP contribution is -2.39. The molecule has 0 saturated carbocycles. The van der Waals surface area contributed by atoms with Crippen molar-refractivity contribution in [2.45, 2.75) is 13.0 Å². The molecular formula is C32H26N4O4S2. The van der Waals surface area contributed by atoms with Crippen LogP contribution in [0.4, 0.5) is 0 Å². The molecule has 4 heterocycles. The fraction of sp³-hybridized carbons (Fsp3) is 0.125. The van der Waals surface area contributed by atoms with E-state index in [1.54, 1.807) is 42.1 Å². The molecule has 0 spiro atoms. The van der Waals surface area contributed by atoms with Gasteiger partial charge in [0.15, 0.2) is 4.80 Å². The van der Waals surface area contributed by atoms with E-state index in [0.29, 0.717) is 26.4 Å². The Bertz CT molecular complexity index is 1980. The number of benzene rings is 2. The average molecular weight is 595 g/mol. The highest BCUT2D eigenvalue weighted by molar-refractivity contribution is 7.13. The minimum absolute atomic E-state index is 0.0479. The number of aromatic nitrogens is 3. The largest absolute Gasteiger partial charge is 0.497 e. The van der Waals surface area contributed by atoms with Gasteiger partial charge in [0.2, 0.25) is 0 Å². The summed E-state index contributed by atoms with van der Waals surface area (Å²) in [4.78, 5) is 33.6. The van der Waals surface area contributed by atoms with Gasteiger partial charge >= 0.3 is 5.97 Å². The summed E-state index contributed by atoms with van der Waals surface area (Å²) in [6.45, 7) is 5.45. The van der Waals surface area contributed by atoms with Crippen molar-refractivity contribution in [3.05, 3.63) is 133 Å². The van der Waals surface area contributed by atoms with Crippen molar-refractivity contribution in [1.82, 2.24) is 14.3 Å². The standard InChI is InChI=1S/C32H26N4O4S2/c1-4-16-40-31(38)27-20(2)33-32-36(29(27)21-12-14-24(39-3)15-13-21)30(37)26(42-32)18-22-19-35(23-9-6-5-7-10-23)34-28(22)25-11-8-17-41-25/h4-15,17-19,29H,1,16H2,2-3H3/b26-18+/t29-/m1/s1. The Balaban J connectivity index is 1.53. The molecule has 1 aliphatic rings. The van der Waals surface area contributed by atoms with Gasteiger partial charge in [0.1, 0.15) is 18.1 Å². The zero-order valence-electron chi connectivity index (χ0n) is 22.9. The summed E-state index contributed by atoms with van der Waals surface area (Å²) in [7, 11) is 1.59. The third-order valence-corrected chi connectivity index (χ3v) is 8.67. The number of fused-ring (bicyclic) bond motifs is 1. The molecule has 6 rings (SSSR count). The van der Waals surface area contributed by atoms with Crippen molar-refractivity contribution < 1.29 is 14.3 Å². The first-order chi connectivity index (χ1) is 20.5. The zero-order chi connectivity index (χ0) is 29.2.